The summed E-state index contributed by atoms with van der Waals surface area (Å²) in [6.07, 6.45) is 0.119. The van der Waals surface area contributed by atoms with Crippen molar-refractivity contribution in [2.45, 2.75) is 32.4 Å². The first-order valence-electron chi connectivity index (χ1n) is 8.42. The minimum atomic E-state index is -0.591. The number of aliphatic hydroxyl groups is 1. The molecule has 2 aliphatic rings. The number of aliphatic hydroxyl groups excluding tert-OH is 1. The molecule has 24 heavy (non-hydrogen) atoms. The summed E-state index contributed by atoms with van der Waals surface area (Å²) in [5, 5.41) is 14.2. The van der Waals surface area contributed by atoms with Crippen LogP contribution in [0.4, 0.5) is 0 Å². The lowest BCUT2D eigenvalue weighted by atomic mass is 10.1. The summed E-state index contributed by atoms with van der Waals surface area (Å²) < 4.78 is 5.11. The van der Waals surface area contributed by atoms with E-state index >= 15 is 0 Å². The number of piperazine rings is 1. The van der Waals surface area contributed by atoms with Crippen LogP contribution in [0.2, 0.25) is 0 Å². The molecule has 0 bridgehead atoms. The second-order valence-electron chi connectivity index (χ2n) is 6.42. The van der Waals surface area contributed by atoms with E-state index in [9.17, 15) is 14.7 Å². The average Bonchev–Trinajstić information content (AvgIpc) is 3.21. The first-order chi connectivity index (χ1) is 11.5. The minimum Gasteiger partial charge on any atom is -0.390 e. The fourth-order valence-electron chi connectivity index (χ4n) is 3.40. The van der Waals surface area contributed by atoms with Crippen LogP contribution in [-0.4, -0.2) is 88.2 Å². The molecule has 1 aromatic heterocycles. The molecule has 8 nitrogen and oxygen atoms in total. The Morgan fingerprint density at radius 2 is 1.96 bits per heavy atom. The van der Waals surface area contributed by atoms with E-state index in [1.807, 2.05) is 11.8 Å². The summed E-state index contributed by atoms with van der Waals surface area (Å²) in [6, 6.07) is 1.56. The van der Waals surface area contributed by atoms with E-state index in [0.717, 1.165) is 5.69 Å². The maximum atomic E-state index is 12.5. The highest BCUT2D eigenvalue weighted by Gasteiger charge is 2.39. The topological polar surface area (TPSA) is 90.1 Å². The SMILES string of the molecule is CCc1cc(C(=O)N2C[C@@H](O)[C@H](N3CCN(C(C)=O)CC3)C2)on1. The van der Waals surface area contributed by atoms with Crippen molar-refractivity contribution >= 4 is 11.8 Å². The van der Waals surface area contributed by atoms with Gasteiger partial charge in [0.05, 0.1) is 17.8 Å². The van der Waals surface area contributed by atoms with Gasteiger partial charge >= 0.3 is 0 Å². The summed E-state index contributed by atoms with van der Waals surface area (Å²) in [7, 11) is 0. The molecule has 2 fully saturated rings. The molecule has 3 rings (SSSR count). The van der Waals surface area contributed by atoms with Gasteiger partial charge in [0.25, 0.3) is 5.91 Å². The van der Waals surface area contributed by atoms with Crippen LogP contribution in [0.3, 0.4) is 0 Å². The number of β-amino-alcohol motifs (C(OH)–C–C–N with tert-alkyl or cyclic N) is 1. The van der Waals surface area contributed by atoms with Crippen LogP contribution in [0.25, 0.3) is 0 Å². The number of hydrogen-bond acceptors (Lipinski definition) is 6. The Hall–Kier alpha value is -1.93. The zero-order valence-electron chi connectivity index (χ0n) is 14.1. The fraction of sp³-hybridized carbons (Fsp3) is 0.688. The number of likely N-dealkylation sites (tertiary alicyclic amines) is 1. The number of aromatic nitrogens is 1. The van der Waals surface area contributed by atoms with Gasteiger partial charge in [-0.2, -0.15) is 0 Å². The number of carbonyl (C=O) groups is 2. The Labute approximate surface area is 141 Å². The lowest BCUT2D eigenvalue weighted by Crippen LogP contribution is -2.54. The Morgan fingerprint density at radius 3 is 2.54 bits per heavy atom. The van der Waals surface area contributed by atoms with E-state index in [2.05, 4.69) is 10.1 Å². The van der Waals surface area contributed by atoms with E-state index in [1.54, 1.807) is 17.9 Å². The second-order valence-corrected chi connectivity index (χ2v) is 6.42. The molecule has 1 aromatic rings. The Morgan fingerprint density at radius 1 is 1.25 bits per heavy atom. The molecule has 2 amide bonds. The normalized spacial score (nSPS) is 25.3. The van der Waals surface area contributed by atoms with Gasteiger partial charge in [0.2, 0.25) is 11.7 Å². The van der Waals surface area contributed by atoms with Gasteiger partial charge in [-0.3, -0.25) is 14.5 Å². The molecule has 1 N–H and O–H groups in total. The van der Waals surface area contributed by atoms with Crippen LogP contribution in [0.1, 0.15) is 30.1 Å². The number of amides is 2. The lowest BCUT2D eigenvalue weighted by molar-refractivity contribution is -0.131. The first kappa shape index (κ1) is 16.9. The molecule has 132 valence electrons. The van der Waals surface area contributed by atoms with E-state index in [4.69, 9.17) is 4.52 Å². The zero-order valence-corrected chi connectivity index (χ0v) is 14.1. The smallest absolute Gasteiger partial charge is 0.292 e. The molecule has 0 aliphatic carbocycles. The third-order valence-electron chi connectivity index (χ3n) is 4.91. The molecule has 0 spiro atoms. The van der Waals surface area contributed by atoms with Crippen molar-refractivity contribution in [1.82, 2.24) is 19.9 Å². The predicted molar refractivity (Wildman–Crippen MR) is 85.4 cm³/mol. The number of carbonyl (C=O) groups excluding carboxylic acids is 2. The van der Waals surface area contributed by atoms with Gasteiger partial charge < -0.3 is 19.4 Å². The van der Waals surface area contributed by atoms with Crippen molar-refractivity contribution in [2.24, 2.45) is 0 Å². The van der Waals surface area contributed by atoms with E-state index in [-0.39, 0.29) is 23.6 Å². The molecule has 0 radical (unpaired) electrons. The van der Waals surface area contributed by atoms with Gasteiger partial charge in [-0.25, -0.2) is 0 Å². The molecule has 0 saturated carbocycles. The third-order valence-corrected chi connectivity index (χ3v) is 4.91. The maximum Gasteiger partial charge on any atom is 0.292 e. The number of rotatable bonds is 3. The van der Waals surface area contributed by atoms with Gasteiger partial charge in [-0.05, 0) is 6.42 Å². The predicted octanol–water partition coefficient (Wildman–Crippen LogP) is -0.414. The van der Waals surface area contributed by atoms with Crippen molar-refractivity contribution in [3.63, 3.8) is 0 Å². The highest BCUT2D eigenvalue weighted by Crippen LogP contribution is 2.20. The summed E-state index contributed by atoms with van der Waals surface area (Å²) in [5.74, 6) is 0.0719. The summed E-state index contributed by atoms with van der Waals surface area (Å²) in [4.78, 5) is 29.5. The van der Waals surface area contributed by atoms with Crippen molar-refractivity contribution in [1.29, 1.82) is 0 Å². The molecule has 2 aliphatic heterocycles. The Kier molecular flexibility index (Phi) is 4.86. The van der Waals surface area contributed by atoms with Crippen LogP contribution in [0.15, 0.2) is 10.6 Å². The van der Waals surface area contributed by atoms with E-state index < -0.39 is 6.10 Å². The molecule has 2 atom stereocenters. The quantitative estimate of drug-likeness (QED) is 0.807. The van der Waals surface area contributed by atoms with Crippen molar-refractivity contribution in [3.8, 4) is 0 Å². The molecule has 3 heterocycles. The second kappa shape index (κ2) is 6.90. The first-order valence-corrected chi connectivity index (χ1v) is 8.42. The number of aryl methyl sites for hydroxylation is 1. The van der Waals surface area contributed by atoms with Gasteiger partial charge in [0, 0.05) is 52.3 Å². The van der Waals surface area contributed by atoms with Crippen LogP contribution in [0.5, 0.6) is 0 Å². The molecular weight excluding hydrogens is 312 g/mol. The standard InChI is InChI=1S/C16H24N4O4/c1-3-12-8-15(24-17-12)16(23)20-9-13(14(22)10-20)19-6-4-18(5-7-19)11(2)21/h8,13-14,22H,3-7,9-10H2,1-2H3/t13-,14-/m1/s1. The molecule has 0 aromatic carbocycles. The third kappa shape index (κ3) is 3.29. The molecule has 0 unspecified atom stereocenters. The van der Waals surface area contributed by atoms with Gasteiger partial charge in [0.15, 0.2) is 0 Å². The summed E-state index contributed by atoms with van der Waals surface area (Å²) in [6.45, 7) is 7.02. The summed E-state index contributed by atoms with van der Waals surface area (Å²) in [5.41, 5.74) is 0.745. The highest BCUT2D eigenvalue weighted by molar-refractivity contribution is 5.91. The minimum absolute atomic E-state index is 0.0791. The van der Waals surface area contributed by atoms with Crippen LogP contribution in [0, 0.1) is 0 Å². The zero-order chi connectivity index (χ0) is 17.3. The molecule has 8 heteroatoms. The largest absolute Gasteiger partial charge is 0.390 e. The number of nitrogens with zero attached hydrogens (tertiary/aromatic N) is 4. The van der Waals surface area contributed by atoms with Crippen LogP contribution >= 0.6 is 0 Å². The van der Waals surface area contributed by atoms with E-state index in [0.29, 0.717) is 45.7 Å². The van der Waals surface area contributed by atoms with Gasteiger partial charge in [-0.15, -0.1) is 0 Å². The lowest BCUT2D eigenvalue weighted by Gasteiger charge is -2.38. The average molecular weight is 336 g/mol. The summed E-state index contributed by atoms with van der Waals surface area (Å²) >= 11 is 0. The van der Waals surface area contributed by atoms with Crippen molar-refractivity contribution < 1.29 is 19.2 Å². The van der Waals surface area contributed by atoms with Crippen LogP contribution in [-0.2, 0) is 11.2 Å². The monoisotopic (exact) mass is 336 g/mol. The van der Waals surface area contributed by atoms with E-state index in [1.165, 1.54) is 0 Å². The Bertz CT molecular complexity index is 609. The molecule has 2 saturated heterocycles. The Balaban J connectivity index is 1.60. The molecular formula is C16H24N4O4. The highest BCUT2D eigenvalue weighted by atomic mass is 16.5. The number of hydrogen-bond donors (Lipinski definition) is 1. The van der Waals surface area contributed by atoms with Crippen molar-refractivity contribution in [3.05, 3.63) is 17.5 Å². The van der Waals surface area contributed by atoms with Crippen LogP contribution < -0.4 is 0 Å². The fourth-order valence-corrected chi connectivity index (χ4v) is 3.40. The maximum absolute atomic E-state index is 12.5. The van der Waals surface area contributed by atoms with Crippen molar-refractivity contribution in [2.75, 3.05) is 39.3 Å². The van der Waals surface area contributed by atoms with Gasteiger partial charge in [-0.1, -0.05) is 12.1 Å². The van der Waals surface area contributed by atoms with Gasteiger partial charge in [0.1, 0.15) is 0 Å².